The van der Waals surface area contributed by atoms with Gasteiger partial charge in [0.15, 0.2) is 0 Å². The van der Waals surface area contributed by atoms with Crippen LogP contribution in [0.2, 0.25) is 0 Å². The van der Waals surface area contributed by atoms with Gasteiger partial charge >= 0.3 is 0 Å². The molecule has 3 aromatic rings. The predicted molar refractivity (Wildman–Crippen MR) is 91.8 cm³/mol. The fourth-order valence-corrected chi connectivity index (χ4v) is 3.19. The maximum Gasteiger partial charge on any atom is 0.113 e. The SMILES string of the molecule is CCn1nnc2cc(CN3CCN(C)c4ccncc43)ccc21. The molecule has 6 nitrogen and oxygen atoms in total. The second kappa shape index (κ2) is 5.53. The molecule has 118 valence electrons. The van der Waals surface area contributed by atoms with Crippen molar-refractivity contribution in [1.29, 1.82) is 0 Å². The molecule has 3 heterocycles. The molecule has 1 aliphatic heterocycles. The lowest BCUT2D eigenvalue weighted by Gasteiger charge is -2.36. The van der Waals surface area contributed by atoms with Gasteiger partial charge in [0, 0.05) is 39.4 Å². The average Bonchev–Trinajstić information content (AvgIpc) is 3.00. The first-order valence-electron chi connectivity index (χ1n) is 7.98. The predicted octanol–water partition coefficient (Wildman–Crippen LogP) is 2.30. The molecule has 1 aromatic carbocycles. The van der Waals surface area contributed by atoms with Gasteiger partial charge in [0.05, 0.1) is 23.1 Å². The fraction of sp³-hybridized carbons (Fsp3) is 0.353. The minimum Gasteiger partial charge on any atom is -0.371 e. The molecule has 0 spiro atoms. The van der Waals surface area contributed by atoms with Gasteiger partial charge in [-0.3, -0.25) is 4.98 Å². The van der Waals surface area contributed by atoms with Crippen LogP contribution in [0, 0.1) is 0 Å². The summed E-state index contributed by atoms with van der Waals surface area (Å²) in [5.41, 5.74) is 5.74. The van der Waals surface area contributed by atoms with E-state index in [2.05, 4.69) is 63.3 Å². The van der Waals surface area contributed by atoms with Crippen molar-refractivity contribution in [2.24, 2.45) is 0 Å². The van der Waals surface area contributed by atoms with Crippen LogP contribution in [0.4, 0.5) is 11.4 Å². The molecule has 6 heteroatoms. The van der Waals surface area contributed by atoms with Crippen molar-refractivity contribution in [3.63, 3.8) is 0 Å². The Morgan fingerprint density at radius 1 is 1.13 bits per heavy atom. The van der Waals surface area contributed by atoms with Crippen LogP contribution in [-0.4, -0.2) is 40.1 Å². The molecule has 0 atom stereocenters. The highest BCUT2D eigenvalue weighted by Crippen LogP contribution is 2.32. The zero-order chi connectivity index (χ0) is 15.8. The van der Waals surface area contributed by atoms with Crippen LogP contribution in [0.25, 0.3) is 11.0 Å². The highest BCUT2D eigenvalue weighted by atomic mass is 15.4. The lowest BCUT2D eigenvalue weighted by molar-refractivity contribution is 0.646. The Kier molecular flexibility index (Phi) is 3.37. The minimum absolute atomic E-state index is 0.841. The number of benzene rings is 1. The van der Waals surface area contributed by atoms with Crippen LogP contribution in [0.1, 0.15) is 12.5 Å². The summed E-state index contributed by atoms with van der Waals surface area (Å²) in [6.07, 6.45) is 3.81. The molecular formula is C17H20N6. The Labute approximate surface area is 135 Å². The summed E-state index contributed by atoms with van der Waals surface area (Å²) in [7, 11) is 2.13. The molecule has 0 bridgehead atoms. The number of anilines is 2. The number of pyridine rings is 1. The van der Waals surface area contributed by atoms with E-state index in [-0.39, 0.29) is 0 Å². The molecule has 0 saturated heterocycles. The van der Waals surface area contributed by atoms with Crippen molar-refractivity contribution >= 4 is 22.4 Å². The Morgan fingerprint density at radius 2 is 2.04 bits per heavy atom. The van der Waals surface area contributed by atoms with Crippen molar-refractivity contribution in [2.45, 2.75) is 20.0 Å². The lowest BCUT2D eigenvalue weighted by atomic mass is 10.1. The maximum absolute atomic E-state index is 4.29. The van der Waals surface area contributed by atoms with Crippen molar-refractivity contribution in [3.8, 4) is 0 Å². The van der Waals surface area contributed by atoms with Gasteiger partial charge in [-0.05, 0) is 30.7 Å². The van der Waals surface area contributed by atoms with Crippen LogP contribution >= 0.6 is 0 Å². The van der Waals surface area contributed by atoms with Crippen molar-refractivity contribution in [3.05, 3.63) is 42.2 Å². The number of aromatic nitrogens is 4. The Balaban J connectivity index is 1.65. The highest BCUT2D eigenvalue weighted by molar-refractivity contribution is 5.76. The van der Waals surface area contributed by atoms with Gasteiger partial charge in [0.25, 0.3) is 0 Å². The second-order valence-corrected chi connectivity index (χ2v) is 5.94. The first kappa shape index (κ1) is 14.0. The molecule has 23 heavy (non-hydrogen) atoms. The van der Waals surface area contributed by atoms with E-state index >= 15 is 0 Å². The largest absolute Gasteiger partial charge is 0.371 e. The van der Waals surface area contributed by atoms with Crippen LogP contribution in [-0.2, 0) is 13.1 Å². The lowest BCUT2D eigenvalue weighted by Crippen LogP contribution is -2.38. The quantitative estimate of drug-likeness (QED) is 0.743. The van der Waals surface area contributed by atoms with E-state index in [0.717, 1.165) is 37.2 Å². The second-order valence-electron chi connectivity index (χ2n) is 5.94. The van der Waals surface area contributed by atoms with E-state index in [1.54, 1.807) is 0 Å². The van der Waals surface area contributed by atoms with Crippen molar-refractivity contribution in [2.75, 3.05) is 29.9 Å². The number of fused-ring (bicyclic) bond motifs is 2. The number of nitrogens with zero attached hydrogens (tertiary/aromatic N) is 6. The van der Waals surface area contributed by atoms with E-state index < -0.39 is 0 Å². The summed E-state index contributed by atoms with van der Waals surface area (Å²) in [4.78, 5) is 8.96. The monoisotopic (exact) mass is 308 g/mol. The van der Waals surface area contributed by atoms with Crippen LogP contribution in [0.5, 0.6) is 0 Å². The van der Waals surface area contributed by atoms with Gasteiger partial charge in [-0.25, -0.2) is 4.68 Å². The molecule has 2 aromatic heterocycles. The zero-order valence-electron chi connectivity index (χ0n) is 13.5. The topological polar surface area (TPSA) is 50.1 Å². The van der Waals surface area contributed by atoms with Gasteiger partial charge in [0.1, 0.15) is 5.52 Å². The molecule has 0 fully saturated rings. The average molecular weight is 308 g/mol. The zero-order valence-corrected chi connectivity index (χ0v) is 13.5. The molecule has 0 unspecified atom stereocenters. The van der Waals surface area contributed by atoms with E-state index in [1.165, 1.54) is 16.9 Å². The number of aryl methyl sites for hydroxylation is 1. The fourth-order valence-electron chi connectivity index (χ4n) is 3.19. The summed E-state index contributed by atoms with van der Waals surface area (Å²) in [6.45, 7) is 5.80. The first-order chi connectivity index (χ1) is 11.3. The standard InChI is InChI=1S/C17H20N6/c1-3-23-15-5-4-13(10-14(15)19-20-23)12-22-9-8-21(2)16-6-7-18-11-17(16)22/h4-7,10-11H,3,8-9,12H2,1-2H3. The number of hydrogen-bond acceptors (Lipinski definition) is 5. The highest BCUT2D eigenvalue weighted by Gasteiger charge is 2.20. The molecule has 0 amide bonds. The third-order valence-electron chi connectivity index (χ3n) is 4.49. The van der Waals surface area contributed by atoms with E-state index in [1.807, 2.05) is 17.1 Å². The summed E-state index contributed by atoms with van der Waals surface area (Å²) in [5, 5.41) is 8.46. The Bertz CT molecular complexity index is 840. The smallest absolute Gasteiger partial charge is 0.113 e. The molecular weight excluding hydrogens is 288 g/mol. The van der Waals surface area contributed by atoms with Gasteiger partial charge in [-0.1, -0.05) is 11.3 Å². The first-order valence-corrected chi connectivity index (χ1v) is 7.98. The van der Waals surface area contributed by atoms with Crippen LogP contribution < -0.4 is 9.80 Å². The van der Waals surface area contributed by atoms with Gasteiger partial charge in [-0.15, -0.1) is 5.10 Å². The van der Waals surface area contributed by atoms with E-state index in [0.29, 0.717) is 0 Å². The molecule has 4 rings (SSSR count). The molecule has 0 saturated carbocycles. The Morgan fingerprint density at radius 3 is 2.91 bits per heavy atom. The van der Waals surface area contributed by atoms with Gasteiger partial charge in [-0.2, -0.15) is 0 Å². The molecule has 1 aliphatic rings. The summed E-state index contributed by atoms with van der Waals surface area (Å²) >= 11 is 0. The van der Waals surface area contributed by atoms with Crippen LogP contribution in [0.15, 0.2) is 36.7 Å². The molecule has 0 aliphatic carbocycles. The van der Waals surface area contributed by atoms with E-state index in [4.69, 9.17) is 0 Å². The summed E-state index contributed by atoms with van der Waals surface area (Å²) in [5.74, 6) is 0. The van der Waals surface area contributed by atoms with Gasteiger partial charge < -0.3 is 9.80 Å². The normalized spacial score (nSPS) is 14.3. The van der Waals surface area contributed by atoms with E-state index in [9.17, 15) is 0 Å². The minimum atomic E-state index is 0.841. The summed E-state index contributed by atoms with van der Waals surface area (Å²) < 4.78 is 1.92. The van der Waals surface area contributed by atoms with Crippen LogP contribution in [0.3, 0.4) is 0 Å². The third kappa shape index (κ3) is 2.40. The Hall–Kier alpha value is -2.63. The number of hydrogen-bond donors (Lipinski definition) is 0. The number of rotatable bonds is 3. The third-order valence-corrected chi connectivity index (χ3v) is 4.49. The van der Waals surface area contributed by atoms with Gasteiger partial charge in [0.2, 0.25) is 0 Å². The molecule has 0 radical (unpaired) electrons. The summed E-state index contributed by atoms with van der Waals surface area (Å²) in [6, 6.07) is 8.51. The number of likely N-dealkylation sites (N-methyl/N-ethyl adjacent to an activating group) is 1. The maximum atomic E-state index is 4.29. The van der Waals surface area contributed by atoms with Crippen molar-refractivity contribution in [1.82, 2.24) is 20.0 Å². The van der Waals surface area contributed by atoms with Crippen molar-refractivity contribution < 1.29 is 0 Å². The molecule has 0 N–H and O–H groups in total.